The minimum Gasteiger partial charge on any atom is -0.325 e. The Kier molecular flexibility index (Phi) is 4.52. The molecule has 0 radical (unpaired) electrons. The van der Waals surface area contributed by atoms with E-state index in [2.05, 4.69) is 5.32 Å². The van der Waals surface area contributed by atoms with Crippen LogP contribution in [0.5, 0.6) is 0 Å². The molecule has 1 rings (SSSR count). The second-order valence-corrected chi connectivity index (χ2v) is 4.45. The Hall–Kier alpha value is -1.63. The number of rotatable bonds is 3. The first kappa shape index (κ1) is 15.4. The summed E-state index contributed by atoms with van der Waals surface area (Å²) >= 11 is 0. The Morgan fingerprint density at radius 1 is 1.32 bits per heavy atom. The highest BCUT2D eigenvalue weighted by atomic mass is 19.4. The standard InChI is InChI=1S/C12H14F4N2O/c1-6(2)10(17)11(19)18-7-3-4-9(13)8(5-7)12(14,15)16/h3-6,10H,17H2,1-2H3,(H,18,19)/t10-/m0/s1. The highest BCUT2D eigenvalue weighted by Crippen LogP contribution is 2.33. The quantitative estimate of drug-likeness (QED) is 0.835. The second kappa shape index (κ2) is 5.56. The first-order valence-corrected chi connectivity index (χ1v) is 5.56. The summed E-state index contributed by atoms with van der Waals surface area (Å²) in [7, 11) is 0. The van der Waals surface area contributed by atoms with Crippen LogP contribution in [0.4, 0.5) is 23.2 Å². The Labute approximate surface area is 107 Å². The Balaban J connectivity index is 2.95. The third kappa shape index (κ3) is 3.92. The maximum Gasteiger partial charge on any atom is 0.419 e. The largest absolute Gasteiger partial charge is 0.419 e. The molecule has 0 heterocycles. The molecule has 0 aliphatic heterocycles. The molecule has 0 bridgehead atoms. The van der Waals surface area contributed by atoms with Crippen LogP contribution < -0.4 is 11.1 Å². The SMILES string of the molecule is CC(C)[C@H](N)C(=O)Nc1ccc(F)c(C(F)(F)F)c1. The molecule has 7 heteroatoms. The molecule has 0 saturated carbocycles. The van der Waals surface area contributed by atoms with Crippen LogP contribution in [0.1, 0.15) is 19.4 Å². The van der Waals surface area contributed by atoms with Gasteiger partial charge in [0.25, 0.3) is 0 Å². The van der Waals surface area contributed by atoms with Gasteiger partial charge in [0.2, 0.25) is 5.91 Å². The molecule has 0 aliphatic rings. The third-order valence-electron chi connectivity index (χ3n) is 2.56. The fourth-order valence-electron chi connectivity index (χ4n) is 1.35. The van der Waals surface area contributed by atoms with Crippen LogP contribution in [0.2, 0.25) is 0 Å². The minimum atomic E-state index is -4.81. The van der Waals surface area contributed by atoms with Gasteiger partial charge in [-0.15, -0.1) is 0 Å². The zero-order chi connectivity index (χ0) is 14.8. The maximum absolute atomic E-state index is 13.0. The average Bonchev–Trinajstić information content (AvgIpc) is 2.28. The lowest BCUT2D eigenvalue weighted by molar-refractivity contribution is -0.140. The Morgan fingerprint density at radius 3 is 2.37 bits per heavy atom. The van der Waals surface area contributed by atoms with E-state index in [-0.39, 0.29) is 11.6 Å². The summed E-state index contributed by atoms with van der Waals surface area (Å²) < 4.78 is 50.5. The van der Waals surface area contributed by atoms with Gasteiger partial charge in [-0.3, -0.25) is 4.79 Å². The van der Waals surface area contributed by atoms with Gasteiger partial charge in [-0.05, 0) is 24.1 Å². The number of benzene rings is 1. The summed E-state index contributed by atoms with van der Waals surface area (Å²) in [6.45, 7) is 3.41. The number of hydrogen-bond acceptors (Lipinski definition) is 2. The predicted octanol–water partition coefficient (Wildman–Crippen LogP) is 2.77. The molecule has 0 unspecified atom stereocenters. The van der Waals surface area contributed by atoms with Crippen molar-refractivity contribution in [1.29, 1.82) is 0 Å². The van der Waals surface area contributed by atoms with Crippen molar-refractivity contribution >= 4 is 11.6 Å². The average molecular weight is 278 g/mol. The van der Waals surface area contributed by atoms with Crippen LogP contribution in [0, 0.1) is 11.7 Å². The van der Waals surface area contributed by atoms with Crippen LogP contribution in [0.15, 0.2) is 18.2 Å². The topological polar surface area (TPSA) is 55.1 Å². The molecule has 19 heavy (non-hydrogen) atoms. The lowest BCUT2D eigenvalue weighted by atomic mass is 10.0. The monoisotopic (exact) mass is 278 g/mol. The molecular formula is C12H14F4N2O. The van der Waals surface area contributed by atoms with Crippen molar-refractivity contribution in [3.63, 3.8) is 0 Å². The van der Waals surface area contributed by atoms with Crippen LogP contribution in [0.3, 0.4) is 0 Å². The second-order valence-electron chi connectivity index (χ2n) is 4.45. The van der Waals surface area contributed by atoms with Crippen molar-refractivity contribution in [2.75, 3.05) is 5.32 Å². The molecular weight excluding hydrogens is 264 g/mol. The first-order chi connectivity index (χ1) is 8.62. The molecule has 106 valence electrons. The molecule has 1 aromatic carbocycles. The lowest BCUT2D eigenvalue weighted by Gasteiger charge is -2.16. The van der Waals surface area contributed by atoms with Crippen LogP contribution in [-0.2, 0) is 11.0 Å². The molecule has 0 aliphatic carbocycles. The zero-order valence-corrected chi connectivity index (χ0v) is 10.4. The fraction of sp³-hybridized carbons (Fsp3) is 0.417. The number of nitrogens with two attached hydrogens (primary N) is 1. The van der Waals surface area contributed by atoms with E-state index in [1.807, 2.05) is 0 Å². The van der Waals surface area contributed by atoms with E-state index in [0.717, 1.165) is 6.07 Å². The summed E-state index contributed by atoms with van der Waals surface area (Å²) in [6.07, 6.45) is -4.81. The van der Waals surface area contributed by atoms with E-state index >= 15 is 0 Å². The van der Waals surface area contributed by atoms with Crippen molar-refractivity contribution < 1.29 is 22.4 Å². The van der Waals surface area contributed by atoms with E-state index in [9.17, 15) is 22.4 Å². The number of alkyl halides is 3. The number of anilines is 1. The van der Waals surface area contributed by atoms with Gasteiger partial charge < -0.3 is 11.1 Å². The summed E-state index contributed by atoms with van der Waals surface area (Å²) in [6, 6.07) is 1.40. The number of nitrogens with one attached hydrogen (secondary N) is 1. The fourth-order valence-corrected chi connectivity index (χ4v) is 1.35. The van der Waals surface area contributed by atoms with Gasteiger partial charge in [0, 0.05) is 5.69 Å². The van der Waals surface area contributed by atoms with Crippen molar-refractivity contribution in [2.45, 2.75) is 26.1 Å². The maximum atomic E-state index is 13.0. The molecule has 1 amide bonds. The number of carbonyl (C=O) groups is 1. The molecule has 3 nitrogen and oxygen atoms in total. The van der Waals surface area contributed by atoms with Gasteiger partial charge in [-0.2, -0.15) is 13.2 Å². The molecule has 0 fully saturated rings. The van der Waals surface area contributed by atoms with Gasteiger partial charge in [0.1, 0.15) is 5.82 Å². The number of hydrogen-bond donors (Lipinski definition) is 2. The molecule has 1 aromatic rings. The van der Waals surface area contributed by atoms with Crippen LogP contribution >= 0.6 is 0 Å². The molecule has 0 saturated heterocycles. The van der Waals surface area contributed by atoms with E-state index < -0.39 is 29.5 Å². The van der Waals surface area contributed by atoms with Crippen LogP contribution in [0.25, 0.3) is 0 Å². The van der Waals surface area contributed by atoms with Gasteiger partial charge in [0.05, 0.1) is 11.6 Å². The van der Waals surface area contributed by atoms with Crippen molar-refractivity contribution in [3.05, 3.63) is 29.6 Å². The predicted molar refractivity (Wildman–Crippen MR) is 62.8 cm³/mol. The van der Waals surface area contributed by atoms with Crippen molar-refractivity contribution in [3.8, 4) is 0 Å². The normalized spacial score (nSPS) is 13.5. The number of carbonyl (C=O) groups excluding carboxylic acids is 1. The number of amides is 1. The minimum absolute atomic E-state index is 0.144. The van der Waals surface area contributed by atoms with Gasteiger partial charge >= 0.3 is 6.18 Å². The van der Waals surface area contributed by atoms with Gasteiger partial charge in [-0.1, -0.05) is 13.8 Å². The summed E-state index contributed by atoms with van der Waals surface area (Å²) in [5.41, 5.74) is 3.98. The third-order valence-corrected chi connectivity index (χ3v) is 2.56. The van der Waals surface area contributed by atoms with Crippen molar-refractivity contribution in [1.82, 2.24) is 0 Å². The Bertz CT molecular complexity index is 471. The zero-order valence-electron chi connectivity index (χ0n) is 10.4. The summed E-state index contributed by atoms with van der Waals surface area (Å²) in [5.74, 6) is -2.17. The number of halogens is 4. The highest BCUT2D eigenvalue weighted by molar-refractivity contribution is 5.94. The molecule has 0 aromatic heterocycles. The molecule has 0 spiro atoms. The van der Waals surface area contributed by atoms with E-state index in [0.29, 0.717) is 12.1 Å². The summed E-state index contributed by atoms with van der Waals surface area (Å²) in [4.78, 5) is 11.6. The Morgan fingerprint density at radius 2 is 1.89 bits per heavy atom. The van der Waals surface area contributed by atoms with Gasteiger partial charge in [0.15, 0.2) is 0 Å². The van der Waals surface area contributed by atoms with E-state index in [4.69, 9.17) is 5.73 Å². The molecule has 1 atom stereocenters. The first-order valence-electron chi connectivity index (χ1n) is 5.56. The lowest BCUT2D eigenvalue weighted by Crippen LogP contribution is -2.39. The van der Waals surface area contributed by atoms with Crippen molar-refractivity contribution in [2.24, 2.45) is 11.7 Å². The van der Waals surface area contributed by atoms with E-state index in [1.165, 1.54) is 0 Å². The molecule has 3 N–H and O–H groups in total. The van der Waals surface area contributed by atoms with E-state index in [1.54, 1.807) is 13.8 Å². The smallest absolute Gasteiger partial charge is 0.325 e. The highest BCUT2D eigenvalue weighted by Gasteiger charge is 2.34. The van der Waals surface area contributed by atoms with Gasteiger partial charge in [-0.25, -0.2) is 4.39 Å². The summed E-state index contributed by atoms with van der Waals surface area (Å²) in [5, 5.41) is 2.23. The van der Waals surface area contributed by atoms with Crippen LogP contribution in [-0.4, -0.2) is 11.9 Å².